The van der Waals surface area contributed by atoms with Crippen LogP contribution in [-0.2, 0) is 26.0 Å². The summed E-state index contributed by atoms with van der Waals surface area (Å²) in [6, 6.07) is 4.17. The van der Waals surface area contributed by atoms with Crippen LogP contribution in [0.15, 0.2) is 23.1 Å². The van der Waals surface area contributed by atoms with E-state index < -0.39 is 16.1 Å². The van der Waals surface area contributed by atoms with E-state index in [4.69, 9.17) is 0 Å². The van der Waals surface area contributed by atoms with E-state index in [0.717, 1.165) is 19.3 Å². The van der Waals surface area contributed by atoms with Crippen molar-refractivity contribution in [3.05, 3.63) is 23.8 Å². The fraction of sp³-hybridized carbons (Fsp3) is 0.600. The number of piperidine rings is 1. The summed E-state index contributed by atoms with van der Waals surface area (Å²) < 4.78 is 27.5. The summed E-state index contributed by atoms with van der Waals surface area (Å²) in [5.41, 5.74) is 1.33. The van der Waals surface area contributed by atoms with Crippen LogP contribution in [0.4, 0.5) is 5.69 Å². The van der Waals surface area contributed by atoms with Gasteiger partial charge in [0.2, 0.25) is 21.8 Å². The zero-order valence-electron chi connectivity index (χ0n) is 17.3. The van der Waals surface area contributed by atoms with Gasteiger partial charge in [-0.1, -0.05) is 6.42 Å². The Bertz CT molecular complexity index is 878. The van der Waals surface area contributed by atoms with Gasteiger partial charge in [0.05, 0.1) is 4.90 Å². The molecule has 2 amide bonds. The van der Waals surface area contributed by atoms with Crippen LogP contribution in [0, 0.1) is 0 Å². The Morgan fingerprint density at radius 1 is 1.17 bits per heavy atom. The molecule has 1 fully saturated rings. The zero-order chi connectivity index (χ0) is 21.2. The van der Waals surface area contributed by atoms with E-state index in [1.54, 1.807) is 18.2 Å². The van der Waals surface area contributed by atoms with Gasteiger partial charge in [-0.05, 0) is 50.7 Å². The number of fused-ring (bicyclic) bond motifs is 1. The van der Waals surface area contributed by atoms with Crippen LogP contribution in [0.1, 0.15) is 31.7 Å². The van der Waals surface area contributed by atoms with Gasteiger partial charge in [0.25, 0.3) is 0 Å². The van der Waals surface area contributed by atoms with Crippen molar-refractivity contribution in [2.45, 2.75) is 43.5 Å². The van der Waals surface area contributed by atoms with E-state index in [2.05, 4.69) is 5.32 Å². The first kappa shape index (κ1) is 21.7. The molecule has 0 unspecified atom stereocenters. The average molecular weight is 423 g/mol. The zero-order valence-corrected chi connectivity index (χ0v) is 18.2. The fourth-order valence-electron chi connectivity index (χ4n) is 3.96. The van der Waals surface area contributed by atoms with Crippen LogP contribution in [0.5, 0.6) is 0 Å². The van der Waals surface area contributed by atoms with Crippen molar-refractivity contribution in [3.8, 4) is 0 Å². The number of benzene rings is 1. The minimum Gasteiger partial charge on any atom is -0.353 e. The number of nitrogens with one attached hydrogen (secondary N) is 1. The van der Waals surface area contributed by atoms with Gasteiger partial charge < -0.3 is 10.2 Å². The molecule has 0 radical (unpaired) electrons. The number of hydrogen-bond donors (Lipinski definition) is 1. The molecule has 2 aliphatic rings. The van der Waals surface area contributed by atoms with Crippen LogP contribution in [0.2, 0.25) is 0 Å². The first-order valence-electron chi connectivity index (χ1n) is 10.1. The molecule has 8 nitrogen and oxygen atoms in total. The second kappa shape index (κ2) is 8.81. The van der Waals surface area contributed by atoms with Gasteiger partial charge in [-0.3, -0.25) is 14.5 Å². The summed E-state index contributed by atoms with van der Waals surface area (Å²) in [5, 5.41) is 2.87. The molecule has 1 saturated heterocycles. The molecule has 0 spiro atoms. The number of carbonyl (C=O) groups excluding carboxylic acids is 2. The number of rotatable bonds is 6. The molecule has 1 aromatic rings. The molecule has 29 heavy (non-hydrogen) atoms. The molecular weight excluding hydrogens is 392 g/mol. The summed E-state index contributed by atoms with van der Waals surface area (Å²) in [6.07, 6.45) is 3.11. The monoisotopic (exact) mass is 422 g/mol. The van der Waals surface area contributed by atoms with Gasteiger partial charge in [-0.25, -0.2) is 8.42 Å². The number of anilines is 1. The lowest BCUT2D eigenvalue weighted by Gasteiger charge is -2.26. The first-order chi connectivity index (χ1) is 13.7. The second-order valence-electron chi connectivity index (χ2n) is 7.96. The van der Waals surface area contributed by atoms with Gasteiger partial charge in [0.15, 0.2) is 0 Å². The van der Waals surface area contributed by atoms with Crippen molar-refractivity contribution in [1.29, 1.82) is 0 Å². The first-order valence-corrected chi connectivity index (χ1v) is 11.5. The molecule has 0 aromatic heterocycles. The Hall–Kier alpha value is -1.97. The van der Waals surface area contributed by atoms with Crippen LogP contribution >= 0.6 is 0 Å². The fourth-order valence-corrected chi connectivity index (χ4v) is 5.53. The Morgan fingerprint density at radius 2 is 1.86 bits per heavy atom. The van der Waals surface area contributed by atoms with E-state index in [-0.39, 0.29) is 16.7 Å². The van der Waals surface area contributed by atoms with Gasteiger partial charge in [-0.2, -0.15) is 4.31 Å². The van der Waals surface area contributed by atoms with Crippen LogP contribution in [0.3, 0.4) is 0 Å². The lowest BCUT2D eigenvalue weighted by molar-refractivity contribution is -0.125. The van der Waals surface area contributed by atoms with E-state index in [0.29, 0.717) is 43.9 Å². The smallest absolute Gasteiger partial charge is 0.243 e. The number of carbonyl (C=O) groups is 2. The predicted octanol–water partition coefficient (Wildman–Crippen LogP) is 0.817. The quantitative estimate of drug-likeness (QED) is 0.733. The third kappa shape index (κ3) is 4.62. The average Bonchev–Trinajstić information content (AvgIpc) is 3.07. The van der Waals surface area contributed by atoms with Crippen molar-refractivity contribution in [2.75, 3.05) is 45.2 Å². The SMILES string of the molecule is CC(=O)N1c2ccc(S(=O)(=O)N3CCCCC3)cc2C[C@@H]1C(=O)NCCN(C)C. The lowest BCUT2D eigenvalue weighted by Crippen LogP contribution is -2.48. The Morgan fingerprint density at radius 3 is 2.48 bits per heavy atom. The van der Waals surface area contributed by atoms with Crippen molar-refractivity contribution in [3.63, 3.8) is 0 Å². The highest BCUT2D eigenvalue weighted by Gasteiger charge is 2.38. The molecule has 1 aromatic carbocycles. The van der Waals surface area contributed by atoms with Crippen molar-refractivity contribution >= 4 is 27.5 Å². The van der Waals surface area contributed by atoms with E-state index in [1.807, 2.05) is 19.0 Å². The van der Waals surface area contributed by atoms with Crippen LogP contribution in [-0.4, -0.2) is 75.8 Å². The number of nitrogens with zero attached hydrogens (tertiary/aromatic N) is 3. The van der Waals surface area contributed by atoms with E-state index >= 15 is 0 Å². The second-order valence-corrected chi connectivity index (χ2v) is 9.90. The summed E-state index contributed by atoms with van der Waals surface area (Å²) in [6.45, 7) is 3.68. The van der Waals surface area contributed by atoms with Gasteiger partial charge in [0.1, 0.15) is 6.04 Å². The maximum atomic E-state index is 13.0. The standard InChI is InChI=1S/C20H30N4O4S/c1-15(25)24-18-8-7-17(29(27,28)23-10-5-4-6-11-23)13-16(18)14-19(24)20(26)21-9-12-22(2)3/h7-8,13,19H,4-6,9-12,14H2,1-3H3,(H,21,26)/t19-/m1/s1. The Labute approximate surface area is 172 Å². The van der Waals surface area contributed by atoms with E-state index in [1.165, 1.54) is 16.1 Å². The highest BCUT2D eigenvalue weighted by molar-refractivity contribution is 7.89. The van der Waals surface area contributed by atoms with Gasteiger partial charge in [-0.15, -0.1) is 0 Å². The summed E-state index contributed by atoms with van der Waals surface area (Å²) in [4.78, 5) is 28.6. The molecular formula is C20H30N4O4S. The normalized spacial score (nSPS) is 20.0. The van der Waals surface area contributed by atoms with Gasteiger partial charge in [0, 0.05) is 45.2 Å². The predicted molar refractivity (Wildman–Crippen MR) is 111 cm³/mol. The molecule has 2 aliphatic heterocycles. The molecule has 0 bridgehead atoms. The molecule has 0 aliphatic carbocycles. The minimum atomic E-state index is -3.56. The van der Waals surface area contributed by atoms with Crippen molar-refractivity contribution in [1.82, 2.24) is 14.5 Å². The van der Waals surface area contributed by atoms with E-state index in [9.17, 15) is 18.0 Å². The maximum Gasteiger partial charge on any atom is 0.243 e. The Balaban J connectivity index is 1.83. The van der Waals surface area contributed by atoms with Gasteiger partial charge >= 0.3 is 0 Å². The summed E-state index contributed by atoms with van der Waals surface area (Å²) >= 11 is 0. The molecule has 3 rings (SSSR count). The summed E-state index contributed by atoms with van der Waals surface area (Å²) in [5.74, 6) is -0.457. The van der Waals surface area contributed by atoms with Crippen LogP contribution in [0.25, 0.3) is 0 Å². The third-order valence-electron chi connectivity index (χ3n) is 5.49. The minimum absolute atomic E-state index is 0.223. The molecule has 1 atom stereocenters. The maximum absolute atomic E-state index is 13.0. The van der Waals surface area contributed by atoms with Crippen molar-refractivity contribution < 1.29 is 18.0 Å². The van der Waals surface area contributed by atoms with Crippen LogP contribution < -0.4 is 10.2 Å². The molecule has 9 heteroatoms. The van der Waals surface area contributed by atoms with Crippen molar-refractivity contribution in [2.24, 2.45) is 0 Å². The molecule has 2 heterocycles. The largest absolute Gasteiger partial charge is 0.353 e. The topological polar surface area (TPSA) is 90.0 Å². The Kier molecular flexibility index (Phi) is 6.60. The number of sulfonamides is 1. The highest BCUT2D eigenvalue weighted by Crippen LogP contribution is 2.35. The molecule has 160 valence electrons. The molecule has 0 saturated carbocycles. The lowest BCUT2D eigenvalue weighted by atomic mass is 10.1. The number of amides is 2. The number of hydrogen-bond acceptors (Lipinski definition) is 5. The molecule has 1 N–H and O–H groups in total. The number of likely N-dealkylation sites (N-methyl/N-ethyl adjacent to an activating group) is 1. The summed E-state index contributed by atoms with van der Waals surface area (Å²) in [7, 11) is 0.282. The highest BCUT2D eigenvalue weighted by atomic mass is 32.2. The third-order valence-corrected chi connectivity index (χ3v) is 7.38.